The minimum atomic E-state index is 0.954. The largest absolute Gasteiger partial charge is 0.316 e. The van der Waals surface area contributed by atoms with Gasteiger partial charge in [0.2, 0.25) is 0 Å². The van der Waals surface area contributed by atoms with Crippen molar-refractivity contribution in [3.63, 3.8) is 0 Å². The quantitative estimate of drug-likeness (QED) is 0.558. The van der Waals surface area contributed by atoms with Crippen LogP contribution in [0, 0.1) is 11.8 Å². The van der Waals surface area contributed by atoms with Crippen LogP contribution in [0.1, 0.15) is 13.8 Å². The molecule has 2 aliphatic heterocycles. The van der Waals surface area contributed by atoms with Crippen molar-refractivity contribution >= 4 is 0 Å². The lowest BCUT2D eigenvalue weighted by atomic mass is 10.1. The molecule has 2 aliphatic rings. The van der Waals surface area contributed by atoms with Crippen molar-refractivity contribution in [1.29, 1.82) is 0 Å². The minimum absolute atomic E-state index is 0.954. The molecule has 1 N–H and O–H groups in total. The van der Waals surface area contributed by atoms with Gasteiger partial charge in [0.25, 0.3) is 0 Å². The van der Waals surface area contributed by atoms with E-state index >= 15 is 0 Å². The summed E-state index contributed by atoms with van der Waals surface area (Å²) in [7, 11) is 2.15. The fourth-order valence-corrected chi connectivity index (χ4v) is 1.44. The maximum absolute atomic E-state index is 3.16. The van der Waals surface area contributed by atoms with Crippen LogP contribution in [-0.2, 0) is 0 Å². The molecule has 2 heterocycles. The van der Waals surface area contributed by atoms with Crippen molar-refractivity contribution in [3.05, 3.63) is 0 Å². The van der Waals surface area contributed by atoms with Gasteiger partial charge in [-0.05, 0) is 32.0 Å². The number of likely N-dealkylation sites (tertiary alicyclic amines) is 1. The first-order valence-corrected chi connectivity index (χ1v) is 4.57. The fraction of sp³-hybridized carbons (Fsp3) is 1.00. The molecule has 0 unspecified atom stereocenters. The lowest BCUT2D eigenvalue weighted by molar-refractivity contribution is 0.149. The summed E-state index contributed by atoms with van der Waals surface area (Å²) in [6, 6.07) is 0. The monoisotopic (exact) mass is 156 g/mol. The van der Waals surface area contributed by atoms with Crippen molar-refractivity contribution in [1.82, 2.24) is 10.2 Å². The fourth-order valence-electron chi connectivity index (χ4n) is 1.44. The van der Waals surface area contributed by atoms with Gasteiger partial charge in [0.1, 0.15) is 0 Å². The van der Waals surface area contributed by atoms with E-state index in [-0.39, 0.29) is 0 Å². The zero-order chi connectivity index (χ0) is 8.27. The first-order valence-electron chi connectivity index (χ1n) is 4.57. The van der Waals surface area contributed by atoms with E-state index in [0.29, 0.717) is 0 Å². The Bertz CT molecular complexity index is 98.1. The Kier molecular flexibility index (Phi) is 3.34. The zero-order valence-electron chi connectivity index (χ0n) is 7.93. The van der Waals surface area contributed by atoms with Gasteiger partial charge in [-0.25, -0.2) is 0 Å². The Balaban J connectivity index is 0.000000112. The summed E-state index contributed by atoms with van der Waals surface area (Å²) >= 11 is 0. The van der Waals surface area contributed by atoms with E-state index in [1.54, 1.807) is 0 Å². The molecule has 0 radical (unpaired) electrons. The van der Waals surface area contributed by atoms with Crippen LogP contribution in [0.3, 0.4) is 0 Å². The number of nitrogens with zero attached hydrogens (tertiary/aromatic N) is 1. The molecule has 2 heteroatoms. The van der Waals surface area contributed by atoms with Crippen molar-refractivity contribution in [3.8, 4) is 0 Å². The van der Waals surface area contributed by atoms with Crippen LogP contribution in [0.2, 0.25) is 0 Å². The predicted molar refractivity (Wildman–Crippen MR) is 48.7 cm³/mol. The van der Waals surface area contributed by atoms with Gasteiger partial charge in [-0.3, -0.25) is 0 Å². The topological polar surface area (TPSA) is 15.3 Å². The highest BCUT2D eigenvalue weighted by molar-refractivity contribution is 4.71. The van der Waals surface area contributed by atoms with E-state index in [9.17, 15) is 0 Å². The molecule has 2 fully saturated rings. The number of rotatable bonds is 0. The van der Waals surface area contributed by atoms with Gasteiger partial charge in [0, 0.05) is 13.1 Å². The van der Waals surface area contributed by atoms with E-state index in [0.717, 1.165) is 11.8 Å². The number of hydrogen-bond donors (Lipinski definition) is 1. The summed E-state index contributed by atoms with van der Waals surface area (Å²) in [5.41, 5.74) is 0. The van der Waals surface area contributed by atoms with Gasteiger partial charge in [-0.15, -0.1) is 0 Å². The molecule has 66 valence electrons. The van der Waals surface area contributed by atoms with Gasteiger partial charge >= 0.3 is 0 Å². The Morgan fingerprint density at radius 1 is 1.09 bits per heavy atom. The average Bonchev–Trinajstić information content (AvgIpc) is 1.83. The van der Waals surface area contributed by atoms with Gasteiger partial charge in [-0.1, -0.05) is 13.8 Å². The maximum atomic E-state index is 3.16. The molecule has 0 saturated carbocycles. The van der Waals surface area contributed by atoms with E-state index in [1.165, 1.54) is 26.2 Å². The van der Waals surface area contributed by atoms with Crippen LogP contribution in [-0.4, -0.2) is 38.1 Å². The highest BCUT2D eigenvalue weighted by Gasteiger charge is 2.16. The third kappa shape index (κ3) is 3.21. The predicted octanol–water partition coefficient (Wildman–Crippen LogP) is 0.794. The number of hydrogen-bond acceptors (Lipinski definition) is 2. The third-order valence-electron chi connectivity index (χ3n) is 2.23. The van der Waals surface area contributed by atoms with Crippen molar-refractivity contribution in [2.75, 3.05) is 33.2 Å². The van der Waals surface area contributed by atoms with Crippen molar-refractivity contribution in [2.45, 2.75) is 13.8 Å². The van der Waals surface area contributed by atoms with E-state index < -0.39 is 0 Å². The van der Waals surface area contributed by atoms with Crippen LogP contribution >= 0.6 is 0 Å². The average molecular weight is 156 g/mol. The molecule has 2 saturated heterocycles. The molecule has 2 rings (SSSR count). The van der Waals surface area contributed by atoms with E-state index in [2.05, 4.69) is 31.1 Å². The summed E-state index contributed by atoms with van der Waals surface area (Å²) in [5, 5.41) is 3.16. The summed E-state index contributed by atoms with van der Waals surface area (Å²) in [4.78, 5) is 2.32. The summed E-state index contributed by atoms with van der Waals surface area (Å²) in [5.74, 6) is 1.92. The van der Waals surface area contributed by atoms with E-state index in [4.69, 9.17) is 0 Å². The molecule has 0 aliphatic carbocycles. The van der Waals surface area contributed by atoms with Crippen molar-refractivity contribution in [2.24, 2.45) is 11.8 Å². The molecule has 11 heavy (non-hydrogen) atoms. The summed E-state index contributed by atoms with van der Waals surface area (Å²) in [6.07, 6.45) is 0. The van der Waals surface area contributed by atoms with Crippen LogP contribution in [0.4, 0.5) is 0 Å². The lowest BCUT2D eigenvalue weighted by Crippen LogP contribution is -2.41. The molecule has 0 atom stereocenters. The van der Waals surface area contributed by atoms with Gasteiger partial charge < -0.3 is 10.2 Å². The van der Waals surface area contributed by atoms with Gasteiger partial charge in [0.15, 0.2) is 0 Å². The first kappa shape index (κ1) is 9.01. The van der Waals surface area contributed by atoms with Gasteiger partial charge in [0.05, 0.1) is 0 Å². The van der Waals surface area contributed by atoms with Crippen LogP contribution in [0.15, 0.2) is 0 Å². The summed E-state index contributed by atoms with van der Waals surface area (Å²) in [6.45, 7) is 9.61. The smallest absolute Gasteiger partial charge is 0.00163 e. The molecular weight excluding hydrogens is 136 g/mol. The Morgan fingerprint density at radius 3 is 1.55 bits per heavy atom. The lowest BCUT2D eigenvalue weighted by Gasteiger charge is -2.33. The zero-order valence-corrected chi connectivity index (χ0v) is 7.93. The van der Waals surface area contributed by atoms with Crippen LogP contribution in [0.5, 0.6) is 0 Å². The highest BCUT2D eigenvalue weighted by atomic mass is 15.2. The second-order valence-electron chi connectivity index (χ2n) is 4.09. The normalized spacial score (nSPS) is 26.5. The second-order valence-corrected chi connectivity index (χ2v) is 4.09. The van der Waals surface area contributed by atoms with E-state index in [1.807, 2.05) is 0 Å². The van der Waals surface area contributed by atoms with Crippen LogP contribution in [0.25, 0.3) is 0 Å². The molecule has 0 aromatic carbocycles. The first-order chi connectivity index (χ1) is 5.18. The minimum Gasteiger partial charge on any atom is -0.316 e. The molecule has 2 nitrogen and oxygen atoms in total. The number of nitrogens with one attached hydrogen (secondary N) is 1. The molecule has 0 amide bonds. The molecule has 0 aromatic heterocycles. The van der Waals surface area contributed by atoms with Gasteiger partial charge in [-0.2, -0.15) is 0 Å². The van der Waals surface area contributed by atoms with Crippen LogP contribution < -0.4 is 5.32 Å². The molecule has 0 spiro atoms. The van der Waals surface area contributed by atoms with Crippen molar-refractivity contribution < 1.29 is 0 Å². The maximum Gasteiger partial charge on any atom is 0.00163 e. The SMILES string of the molecule is CC1CN(C)C1.CC1CNC1. The second kappa shape index (κ2) is 4.07. The Morgan fingerprint density at radius 2 is 1.55 bits per heavy atom. The highest BCUT2D eigenvalue weighted by Crippen LogP contribution is 2.09. The molecule has 0 bridgehead atoms. The standard InChI is InChI=1S/C5H11N.C4H9N/c1-5-3-6(2)4-5;1-4-2-5-3-4/h5H,3-4H2,1-2H3;4-5H,2-3H2,1H3. The Hall–Kier alpha value is -0.0800. The summed E-state index contributed by atoms with van der Waals surface area (Å²) < 4.78 is 0. The molecule has 0 aromatic rings. The third-order valence-corrected chi connectivity index (χ3v) is 2.23. The Labute approximate surface area is 70.0 Å². The molecular formula is C9H20N2.